The van der Waals surface area contributed by atoms with Crippen molar-refractivity contribution in [1.82, 2.24) is 5.32 Å². The van der Waals surface area contributed by atoms with Gasteiger partial charge in [-0.3, -0.25) is 0 Å². The molecule has 1 aromatic rings. The maximum absolute atomic E-state index is 3.47. The lowest BCUT2D eigenvalue weighted by Gasteiger charge is -2.19. The van der Waals surface area contributed by atoms with Crippen LogP contribution in [-0.4, -0.2) is 26.7 Å². The van der Waals surface area contributed by atoms with Gasteiger partial charge in [0, 0.05) is 19.3 Å². The van der Waals surface area contributed by atoms with Gasteiger partial charge in [0.1, 0.15) is 0 Å². The third-order valence-electron chi connectivity index (χ3n) is 2.75. The van der Waals surface area contributed by atoms with Crippen molar-refractivity contribution < 1.29 is 0 Å². The fraction of sp³-hybridized carbons (Fsp3) is 0.571. The van der Waals surface area contributed by atoms with Gasteiger partial charge in [-0.25, -0.2) is 0 Å². The molecule has 0 amide bonds. The lowest BCUT2D eigenvalue weighted by molar-refractivity contribution is 0.615. The van der Waals surface area contributed by atoms with Crippen LogP contribution >= 0.6 is 0 Å². The van der Waals surface area contributed by atoms with Gasteiger partial charge in [-0.1, -0.05) is 31.5 Å². The van der Waals surface area contributed by atoms with E-state index in [1.165, 1.54) is 24.9 Å². The Labute approximate surface area is 99.7 Å². The molecule has 0 unspecified atom stereocenters. The van der Waals surface area contributed by atoms with Crippen LogP contribution in [0, 0.1) is 0 Å². The van der Waals surface area contributed by atoms with Crippen LogP contribution in [-0.2, 0) is 0 Å². The van der Waals surface area contributed by atoms with E-state index < -0.39 is 0 Å². The van der Waals surface area contributed by atoms with Crippen molar-refractivity contribution in [2.75, 3.05) is 31.6 Å². The molecule has 0 atom stereocenters. The summed E-state index contributed by atoms with van der Waals surface area (Å²) in [5, 5.41) is 3.47. The summed E-state index contributed by atoms with van der Waals surface area (Å²) in [6, 6.07) is 10.6. The van der Waals surface area contributed by atoms with Gasteiger partial charge in [-0.15, -0.1) is 0 Å². The normalized spacial score (nSPS) is 10.4. The molecule has 0 bridgehead atoms. The van der Waals surface area contributed by atoms with Gasteiger partial charge >= 0.3 is 0 Å². The number of benzene rings is 1. The molecule has 0 aromatic heterocycles. The van der Waals surface area contributed by atoms with Crippen LogP contribution in [0.5, 0.6) is 0 Å². The minimum absolute atomic E-state index is 1.11. The molecular formula is C14H24N2. The van der Waals surface area contributed by atoms with Gasteiger partial charge in [-0.05, 0) is 38.1 Å². The predicted molar refractivity (Wildman–Crippen MR) is 72.1 cm³/mol. The second-order valence-electron chi connectivity index (χ2n) is 4.21. The lowest BCUT2D eigenvalue weighted by atomic mass is 10.3. The van der Waals surface area contributed by atoms with Gasteiger partial charge in [0.25, 0.3) is 0 Å². The molecule has 1 N–H and O–H groups in total. The first-order chi connectivity index (χ1) is 7.84. The second-order valence-corrected chi connectivity index (χ2v) is 4.21. The third kappa shape index (κ3) is 5.17. The van der Waals surface area contributed by atoms with Crippen LogP contribution in [0.1, 0.15) is 26.2 Å². The molecule has 2 nitrogen and oxygen atoms in total. The highest BCUT2D eigenvalue weighted by atomic mass is 15.1. The summed E-state index contributed by atoms with van der Waals surface area (Å²) in [5.41, 5.74) is 1.30. The Bertz CT molecular complexity index is 259. The van der Waals surface area contributed by atoms with Crippen LogP contribution < -0.4 is 10.2 Å². The number of rotatable bonds is 8. The Hall–Kier alpha value is -1.02. The predicted octanol–water partition coefficient (Wildman–Crippen LogP) is 2.90. The molecular weight excluding hydrogens is 196 g/mol. The van der Waals surface area contributed by atoms with E-state index >= 15 is 0 Å². The average molecular weight is 220 g/mol. The number of anilines is 1. The summed E-state index contributed by atoms with van der Waals surface area (Å²) in [4.78, 5) is 2.31. The minimum atomic E-state index is 1.11. The summed E-state index contributed by atoms with van der Waals surface area (Å²) >= 11 is 0. The summed E-state index contributed by atoms with van der Waals surface area (Å²) in [5.74, 6) is 0. The molecule has 90 valence electrons. The Morgan fingerprint density at radius 3 is 2.44 bits per heavy atom. The van der Waals surface area contributed by atoms with Crippen molar-refractivity contribution in [3.05, 3.63) is 30.3 Å². The summed E-state index contributed by atoms with van der Waals surface area (Å²) in [6.45, 7) is 5.62. The maximum atomic E-state index is 3.47. The van der Waals surface area contributed by atoms with Gasteiger partial charge in [0.05, 0.1) is 0 Å². The molecule has 0 aliphatic heterocycles. The van der Waals surface area contributed by atoms with Crippen LogP contribution in [0.3, 0.4) is 0 Å². The number of hydrogen-bond donors (Lipinski definition) is 1. The molecule has 16 heavy (non-hydrogen) atoms. The molecule has 0 saturated carbocycles. The van der Waals surface area contributed by atoms with Gasteiger partial charge in [0.2, 0.25) is 0 Å². The molecule has 0 heterocycles. The van der Waals surface area contributed by atoms with Crippen molar-refractivity contribution in [2.45, 2.75) is 26.2 Å². The van der Waals surface area contributed by atoms with E-state index in [0.29, 0.717) is 0 Å². The molecule has 2 heteroatoms. The Kier molecular flexibility index (Phi) is 6.66. The number of nitrogens with one attached hydrogen (secondary N) is 1. The Morgan fingerprint density at radius 1 is 1.06 bits per heavy atom. The van der Waals surface area contributed by atoms with Crippen molar-refractivity contribution in [3.8, 4) is 0 Å². The van der Waals surface area contributed by atoms with Gasteiger partial charge in [-0.2, -0.15) is 0 Å². The monoisotopic (exact) mass is 220 g/mol. The quantitative estimate of drug-likeness (QED) is 0.678. The first kappa shape index (κ1) is 13.0. The van der Waals surface area contributed by atoms with E-state index in [2.05, 4.69) is 54.5 Å². The smallest absolute Gasteiger partial charge is 0.0363 e. The number of hydrogen-bond acceptors (Lipinski definition) is 2. The Morgan fingerprint density at radius 2 is 1.75 bits per heavy atom. The fourth-order valence-electron chi connectivity index (χ4n) is 1.68. The van der Waals surface area contributed by atoms with E-state index in [0.717, 1.165) is 19.6 Å². The van der Waals surface area contributed by atoms with Gasteiger partial charge < -0.3 is 10.2 Å². The van der Waals surface area contributed by atoms with E-state index in [1.807, 2.05) is 0 Å². The molecule has 0 aliphatic rings. The maximum Gasteiger partial charge on any atom is 0.0363 e. The van der Waals surface area contributed by atoms with Crippen LogP contribution in [0.15, 0.2) is 30.3 Å². The summed E-state index contributed by atoms with van der Waals surface area (Å²) < 4.78 is 0. The summed E-state index contributed by atoms with van der Waals surface area (Å²) in [6.07, 6.45) is 3.76. The first-order valence-electron chi connectivity index (χ1n) is 6.31. The second kappa shape index (κ2) is 8.17. The number of unbranched alkanes of at least 4 members (excludes halogenated alkanes) is 1. The molecule has 1 rings (SSSR count). The largest absolute Gasteiger partial charge is 0.375 e. The van der Waals surface area contributed by atoms with Crippen LogP contribution in [0.2, 0.25) is 0 Å². The lowest BCUT2D eigenvalue weighted by Crippen LogP contribution is -2.24. The van der Waals surface area contributed by atoms with E-state index in [4.69, 9.17) is 0 Å². The number of para-hydroxylation sites is 1. The molecule has 0 aliphatic carbocycles. The number of nitrogens with zero attached hydrogens (tertiary/aromatic N) is 1. The SMILES string of the molecule is CCCCNCCCN(C)c1ccccc1. The molecule has 0 radical (unpaired) electrons. The van der Waals surface area contributed by atoms with Crippen LogP contribution in [0.4, 0.5) is 5.69 Å². The standard InChI is InChI=1S/C14H24N2/c1-3-4-11-15-12-8-13-16(2)14-9-6-5-7-10-14/h5-7,9-10,15H,3-4,8,11-13H2,1-2H3. The highest BCUT2D eigenvalue weighted by Crippen LogP contribution is 2.10. The molecule has 1 aromatic carbocycles. The molecule has 0 saturated heterocycles. The van der Waals surface area contributed by atoms with E-state index in [1.54, 1.807) is 0 Å². The summed E-state index contributed by atoms with van der Waals surface area (Å²) in [7, 11) is 2.15. The zero-order valence-corrected chi connectivity index (χ0v) is 10.6. The molecule has 0 spiro atoms. The van der Waals surface area contributed by atoms with Crippen molar-refractivity contribution in [1.29, 1.82) is 0 Å². The van der Waals surface area contributed by atoms with E-state index in [-0.39, 0.29) is 0 Å². The fourth-order valence-corrected chi connectivity index (χ4v) is 1.68. The highest BCUT2D eigenvalue weighted by Gasteiger charge is 1.98. The van der Waals surface area contributed by atoms with Crippen molar-refractivity contribution in [2.24, 2.45) is 0 Å². The zero-order chi connectivity index (χ0) is 11.6. The molecule has 0 fully saturated rings. The first-order valence-corrected chi connectivity index (χ1v) is 6.31. The topological polar surface area (TPSA) is 15.3 Å². The van der Waals surface area contributed by atoms with E-state index in [9.17, 15) is 0 Å². The average Bonchev–Trinajstić information content (AvgIpc) is 2.34. The third-order valence-corrected chi connectivity index (χ3v) is 2.75. The van der Waals surface area contributed by atoms with Crippen molar-refractivity contribution >= 4 is 5.69 Å². The van der Waals surface area contributed by atoms with Crippen LogP contribution in [0.25, 0.3) is 0 Å². The zero-order valence-electron chi connectivity index (χ0n) is 10.6. The minimum Gasteiger partial charge on any atom is -0.375 e. The highest BCUT2D eigenvalue weighted by molar-refractivity contribution is 5.44. The van der Waals surface area contributed by atoms with Crippen molar-refractivity contribution in [3.63, 3.8) is 0 Å². The Balaban J connectivity index is 2.09. The van der Waals surface area contributed by atoms with Gasteiger partial charge in [0.15, 0.2) is 0 Å².